The third kappa shape index (κ3) is 3.60. The molecule has 0 aliphatic rings. The summed E-state index contributed by atoms with van der Waals surface area (Å²) in [5, 5.41) is 19.6. The van der Waals surface area contributed by atoms with Gasteiger partial charge in [-0.3, -0.25) is 0 Å². The number of ether oxygens (including phenoxy) is 2. The number of aromatic nitrogens is 5. The number of hydrogen-bond donors (Lipinski definition) is 0. The molecule has 144 valence electrons. The maximum Gasteiger partial charge on any atom is 0.247 e. The molecule has 3 aromatic heterocycles. The van der Waals surface area contributed by atoms with Crippen LogP contribution in [0.3, 0.4) is 0 Å². The lowest BCUT2D eigenvalue weighted by molar-refractivity contribution is 0.355. The van der Waals surface area contributed by atoms with E-state index in [4.69, 9.17) is 13.9 Å². The van der Waals surface area contributed by atoms with Crippen LogP contribution in [0.25, 0.3) is 22.2 Å². The second-order valence-corrected chi connectivity index (χ2v) is 7.59. The predicted octanol–water partition coefficient (Wildman–Crippen LogP) is 3.90. The Morgan fingerprint density at radius 2 is 1.93 bits per heavy atom. The van der Waals surface area contributed by atoms with Crippen molar-refractivity contribution in [1.82, 2.24) is 25.0 Å². The van der Waals surface area contributed by atoms with Gasteiger partial charge in [-0.15, -0.1) is 31.7 Å². The Balaban J connectivity index is 1.47. The Kier molecular flexibility index (Phi) is 5.31. The summed E-state index contributed by atoms with van der Waals surface area (Å²) >= 11 is 3.13. The molecule has 8 nitrogen and oxygen atoms in total. The molecule has 0 amide bonds. The van der Waals surface area contributed by atoms with Crippen LogP contribution < -0.4 is 9.47 Å². The van der Waals surface area contributed by atoms with Crippen molar-refractivity contribution in [2.24, 2.45) is 7.05 Å². The molecule has 0 fully saturated rings. The minimum atomic E-state index is 0.425. The zero-order valence-electron chi connectivity index (χ0n) is 15.4. The fourth-order valence-electron chi connectivity index (χ4n) is 2.59. The summed E-state index contributed by atoms with van der Waals surface area (Å²) in [4.78, 5) is 1.08. The lowest BCUT2D eigenvalue weighted by Gasteiger charge is -2.07. The van der Waals surface area contributed by atoms with Crippen LogP contribution in [0, 0.1) is 0 Å². The van der Waals surface area contributed by atoms with E-state index in [0.717, 1.165) is 21.4 Å². The van der Waals surface area contributed by atoms with Crippen molar-refractivity contribution in [2.75, 3.05) is 14.2 Å². The van der Waals surface area contributed by atoms with Gasteiger partial charge >= 0.3 is 0 Å². The first-order valence-corrected chi connectivity index (χ1v) is 10.2. The van der Waals surface area contributed by atoms with Crippen molar-refractivity contribution in [3.8, 4) is 33.7 Å². The largest absolute Gasteiger partial charge is 0.493 e. The lowest BCUT2D eigenvalue weighted by Crippen LogP contribution is -1.94. The Hall–Kier alpha value is -2.85. The number of benzene rings is 1. The first-order valence-electron chi connectivity index (χ1n) is 8.30. The zero-order valence-corrected chi connectivity index (χ0v) is 17.1. The van der Waals surface area contributed by atoms with Gasteiger partial charge in [0.15, 0.2) is 22.5 Å². The van der Waals surface area contributed by atoms with E-state index in [9.17, 15) is 0 Å². The van der Waals surface area contributed by atoms with E-state index < -0.39 is 0 Å². The van der Waals surface area contributed by atoms with E-state index in [1.165, 1.54) is 11.8 Å². The summed E-state index contributed by atoms with van der Waals surface area (Å²) in [5.74, 6) is 3.52. The third-order valence-electron chi connectivity index (χ3n) is 4.00. The van der Waals surface area contributed by atoms with Crippen LogP contribution in [-0.2, 0) is 12.8 Å². The SMILES string of the molecule is COc1ccc(-c2nnc(CSc3nnc(-c4cccs4)n3C)o2)cc1OC. The smallest absolute Gasteiger partial charge is 0.247 e. The quantitative estimate of drug-likeness (QED) is 0.420. The van der Waals surface area contributed by atoms with Gasteiger partial charge in [-0.05, 0) is 29.6 Å². The van der Waals surface area contributed by atoms with Gasteiger partial charge in [-0.2, -0.15) is 0 Å². The topological polar surface area (TPSA) is 88.1 Å². The molecule has 0 radical (unpaired) electrons. The van der Waals surface area contributed by atoms with Crippen LogP contribution in [0.4, 0.5) is 0 Å². The van der Waals surface area contributed by atoms with Crippen LogP contribution in [-0.4, -0.2) is 39.2 Å². The summed E-state index contributed by atoms with van der Waals surface area (Å²) in [6, 6.07) is 9.48. The van der Waals surface area contributed by atoms with Crippen LogP contribution in [0.2, 0.25) is 0 Å². The Morgan fingerprint density at radius 3 is 2.68 bits per heavy atom. The Morgan fingerprint density at radius 1 is 1.07 bits per heavy atom. The summed E-state index contributed by atoms with van der Waals surface area (Å²) < 4.78 is 18.3. The second-order valence-electron chi connectivity index (χ2n) is 5.70. The van der Waals surface area contributed by atoms with Crippen molar-refractivity contribution in [2.45, 2.75) is 10.9 Å². The minimum Gasteiger partial charge on any atom is -0.493 e. The maximum absolute atomic E-state index is 5.79. The average molecular weight is 416 g/mol. The molecular formula is C18H17N5O3S2. The van der Waals surface area contributed by atoms with Gasteiger partial charge in [0.2, 0.25) is 11.8 Å². The summed E-state index contributed by atoms with van der Waals surface area (Å²) in [6.45, 7) is 0. The molecule has 4 aromatic rings. The maximum atomic E-state index is 5.79. The van der Waals surface area contributed by atoms with E-state index in [-0.39, 0.29) is 0 Å². The fraction of sp³-hybridized carbons (Fsp3) is 0.222. The monoisotopic (exact) mass is 415 g/mol. The molecule has 0 aliphatic heterocycles. The minimum absolute atomic E-state index is 0.425. The van der Waals surface area contributed by atoms with Gasteiger partial charge in [0, 0.05) is 12.6 Å². The molecule has 0 N–H and O–H groups in total. The molecule has 0 spiro atoms. The highest BCUT2D eigenvalue weighted by atomic mass is 32.2. The van der Waals surface area contributed by atoms with Crippen molar-refractivity contribution in [3.63, 3.8) is 0 Å². The third-order valence-corrected chi connectivity index (χ3v) is 5.87. The molecule has 0 bridgehead atoms. The first kappa shape index (κ1) is 18.5. The highest BCUT2D eigenvalue weighted by molar-refractivity contribution is 7.98. The molecule has 0 atom stereocenters. The van der Waals surface area contributed by atoms with Crippen molar-refractivity contribution in [3.05, 3.63) is 41.6 Å². The Labute approximate surface area is 169 Å². The summed E-state index contributed by atoms with van der Waals surface area (Å²) in [7, 11) is 5.12. The van der Waals surface area contributed by atoms with Crippen molar-refractivity contribution < 1.29 is 13.9 Å². The molecule has 3 heterocycles. The van der Waals surface area contributed by atoms with E-state index in [0.29, 0.717) is 29.0 Å². The van der Waals surface area contributed by atoms with Gasteiger partial charge in [-0.25, -0.2) is 0 Å². The zero-order chi connectivity index (χ0) is 19.5. The van der Waals surface area contributed by atoms with E-state index >= 15 is 0 Å². The number of nitrogens with zero attached hydrogens (tertiary/aromatic N) is 5. The van der Waals surface area contributed by atoms with Gasteiger partial charge in [-0.1, -0.05) is 17.8 Å². The number of methoxy groups -OCH3 is 2. The van der Waals surface area contributed by atoms with E-state index in [2.05, 4.69) is 20.4 Å². The van der Waals surface area contributed by atoms with E-state index in [1.807, 2.05) is 35.2 Å². The summed E-state index contributed by atoms with van der Waals surface area (Å²) in [6.07, 6.45) is 0. The molecule has 10 heteroatoms. The standard InChI is InChI=1S/C18H17N5O3S2/c1-23-16(14-5-4-8-27-14)20-22-18(23)28-10-15-19-21-17(26-15)11-6-7-12(24-2)13(9-11)25-3/h4-9H,10H2,1-3H3. The number of rotatable bonds is 7. The predicted molar refractivity (Wildman–Crippen MR) is 107 cm³/mol. The van der Waals surface area contributed by atoms with Gasteiger partial charge in [0.05, 0.1) is 24.8 Å². The number of thiophene rings is 1. The summed E-state index contributed by atoms with van der Waals surface area (Å²) in [5.41, 5.74) is 0.764. The van der Waals surface area contributed by atoms with Crippen molar-refractivity contribution in [1.29, 1.82) is 0 Å². The van der Waals surface area contributed by atoms with Crippen LogP contribution in [0.5, 0.6) is 11.5 Å². The van der Waals surface area contributed by atoms with Gasteiger partial charge < -0.3 is 18.5 Å². The second kappa shape index (κ2) is 8.03. The molecule has 0 saturated carbocycles. The van der Waals surface area contributed by atoms with Gasteiger partial charge in [0.1, 0.15) is 0 Å². The average Bonchev–Trinajstić information content (AvgIpc) is 3.47. The molecule has 4 rings (SSSR count). The molecule has 0 aliphatic carbocycles. The van der Waals surface area contributed by atoms with Crippen LogP contribution in [0.15, 0.2) is 45.3 Å². The highest BCUT2D eigenvalue weighted by Gasteiger charge is 2.15. The first-order chi connectivity index (χ1) is 13.7. The fourth-order valence-corrected chi connectivity index (χ4v) is 4.08. The van der Waals surface area contributed by atoms with Crippen molar-refractivity contribution >= 4 is 23.1 Å². The molecule has 28 heavy (non-hydrogen) atoms. The molecule has 0 unspecified atom stereocenters. The van der Waals surface area contributed by atoms with Gasteiger partial charge in [0.25, 0.3) is 0 Å². The highest BCUT2D eigenvalue weighted by Crippen LogP contribution is 2.32. The molecule has 0 saturated heterocycles. The number of thioether (sulfide) groups is 1. The van der Waals surface area contributed by atoms with E-state index in [1.54, 1.807) is 37.7 Å². The molecular weight excluding hydrogens is 398 g/mol. The van der Waals surface area contributed by atoms with Crippen LogP contribution >= 0.6 is 23.1 Å². The Bertz CT molecular complexity index is 1080. The molecule has 1 aromatic carbocycles. The number of hydrogen-bond acceptors (Lipinski definition) is 9. The normalized spacial score (nSPS) is 11.0. The lowest BCUT2D eigenvalue weighted by atomic mass is 10.2. The van der Waals surface area contributed by atoms with Crippen LogP contribution in [0.1, 0.15) is 5.89 Å².